The van der Waals surface area contributed by atoms with Gasteiger partial charge < -0.3 is 9.88 Å². The maximum Gasteiger partial charge on any atom is 0.266 e. The van der Waals surface area contributed by atoms with Gasteiger partial charge in [0.15, 0.2) is 10.8 Å². The Morgan fingerprint density at radius 1 is 1.21 bits per heavy atom. The maximum absolute atomic E-state index is 13.5. The van der Waals surface area contributed by atoms with Crippen LogP contribution in [0.2, 0.25) is 0 Å². The van der Waals surface area contributed by atoms with Gasteiger partial charge in [0.1, 0.15) is 10.7 Å². The van der Waals surface area contributed by atoms with E-state index in [0.717, 1.165) is 41.9 Å². The number of benzene rings is 1. The highest BCUT2D eigenvalue weighted by atomic mass is 32.1. The number of imidazole rings is 1. The summed E-state index contributed by atoms with van der Waals surface area (Å²) in [4.78, 5) is 37.4. The van der Waals surface area contributed by atoms with Crippen molar-refractivity contribution in [3.63, 3.8) is 0 Å². The molecule has 1 aliphatic rings. The molecule has 0 aliphatic carbocycles. The summed E-state index contributed by atoms with van der Waals surface area (Å²) in [5, 5.41) is 0.685. The van der Waals surface area contributed by atoms with Crippen molar-refractivity contribution in [1.82, 2.24) is 29.8 Å². The maximum atomic E-state index is 13.5. The summed E-state index contributed by atoms with van der Waals surface area (Å²) >= 11 is 1.38. The Hall–Kier alpha value is -3.13. The summed E-state index contributed by atoms with van der Waals surface area (Å²) in [5.74, 6) is 1.43. The molecule has 5 rings (SSSR count). The van der Waals surface area contributed by atoms with Crippen LogP contribution in [0.1, 0.15) is 47.0 Å². The molecule has 1 amide bonds. The molecule has 4 heterocycles. The molecule has 3 aromatic heterocycles. The fourth-order valence-electron chi connectivity index (χ4n) is 3.82. The molecule has 1 aliphatic heterocycles. The van der Waals surface area contributed by atoms with Gasteiger partial charge in [0.2, 0.25) is 0 Å². The van der Waals surface area contributed by atoms with E-state index in [4.69, 9.17) is 4.98 Å². The van der Waals surface area contributed by atoms with Crippen molar-refractivity contribution in [2.75, 3.05) is 6.54 Å². The van der Waals surface area contributed by atoms with E-state index in [1.54, 1.807) is 18.5 Å². The second kappa shape index (κ2) is 7.36. The number of aromatic nitrogens is 5. The lowest BCUT2D eigenvalue weighted by molar-refractivity contribution is 0.0734. The van der Waals surface area contributed by atoms with E-state index in [0.29, 0.717) is 22.1 Å². The van der Waals surface area contributed by atoms with Crippen LogP contribution in [0.3, 0.4) is 0 Å². The number of likely N-dealkylation sites (tertiary alicyclic amines) is 1. The van der Waals surface area contributed by atoms with Gasteiger partial charge in [-0.1, -0.05) is 19.1 Å². The lowest BCUT2D eigenvalue weighted by Gasteiger charge is -2.22. The van der Waals surface area contributed by atoms with Crippen molar-refractivity contribution in [3.8, 4) is 10.8 Å². The zero-order valence-electron chi connectivity index (χ0n) is 16.0. The van der Waals surface area contributed by atoms with Crippen LogP contribution in [-0.2, 0) is 6.42 Å². The van der Waals surface area contributed by atoms with Gasteiger partial charge in [-0.3, -0.25) is 4.79 Å². The second-order valence-corrected chi connectivity index (χ2v) is 8.02. The predicted molar refractivity (Wildman–Crippen MR) is 112 cm³/mol. The number of nitrogens with zero attached hydrogens (tertiary/aromatic N) is 5. The van der Waals surface area contributed by atoms with Gasteiger partial charge in [-0.25, -0.2) is 19.9 Å². The van der Waals surface area contributed by atoms with Gasteiger partial charge in [0, 0.05) is 18.9 Å². The van der Waals surface area contributed by atoms with Crippen LogP contribution in [0.15, 0.2) is 42.7 Å². The summed E-state index contributed by atoms with van der Waals surface area (Å²) in [6.45, 7) is 2.74. The summed E-state index contributed by atoms with van der Waals surface area (Å²) in [6.07, 6.45) is 5.93. The topological polar surface area (TPSA) is 87.7 Å². The van der Waals surface area contributed by atoms with Crippen molar-refractivity contribution in [3.05, 3.63) is 59.1 Å². The number of amides is 1. The molecule has 0 bridgehead atoms. The van der Waals surface area contributed by atoms with Crippen molar-refractivity contribution >= 4 is 28.3 Å². The van der Waals surface area contributed by atoms with E-state index in [1.807, 2.05) is 36.1 Å². The number of nitrogens with one attached hydrogen (secondary N) is 1. The highest BCUT2D eigenvalue weighted by Crippen LogP contribution is 2.35. The van der Waals surface area contributed by atoms with E-state index >= 15 is 0 Å². The summed E-state index contributed by atoms with van der Waals surface area (Å²) < 4.78 is 0. The van der Waals surface area contributed by atoms with Gasteiger partial charge in [0.25, 0.3) is 5.91 Å². The molecule has 29 heavy (non-hydrogen) atoms. The first-order valence-electron chi connectivity index (χ1n) is 9.77. The van der Waals surface area contributed by atoms with Crippen molar-refractivity contribution in [2.45, 2.75) is 32.2 Å². The number of fused-ring (bicyclic) bond motifs is 1. The second-order valence-electron chi connectivity index (χ2n) is 7.02. The molecule has 0 saturated carbocycles. The molecular formula is C21H20N6OS. The summed E-state index contributed by atoms with van der Waals surface area (Å²) in [5.41, 5.74) is 2.73. The normalized spacial score (nSPS) is 16.6. The molecule has 1 unspecified atom stereocenters. The minimum atomic E-state index is -0.0434. The van der Waals surface area contributed by atoms with E-state index < -0.39 is 0 Å². The first-order chi connectivity index (χ1) is 14.2. The molecule has 1 atom stereocenters. The van der Waals surface area contributed by atoms with Crippen LogP contribution >= 0.6 is 11.3 Å². The molecule has 4 aromatic rings. The molecule has 1 aromatic carbocycles. The monoisotopic (exact) mass is 404 g/mol. The van der Waals surface area contributed by atoms with Crippen LogP contribution in [-0.4, -0.2) is 42.3 Å². The first kappa shape index (κ1) is 17.9. The van der Waals surface area contributed by atoms with E-state index in [-0.39, 0.29) is 11.9 Å². The first-order valence-corrected chi connectivity index (χ1v) is 10.6. The van der Waals surface area contributed by atoms with Gasteiger partial charge >= 0.3 is 0 Å². The van der Waals surface area contributed by atoms with Gasteiger partial charge in [0.05, 0.1) is 22.8 Å². The molecule has 7 nitrogen and oxygen atoms in total. The Morgan fingerprint density at radius 2 is 2.03 bits per heavy atom. The third-order valence-electron chi connectivity index (χ3n) is 5.22. The van der Waals surface area contributed by atoms with E-state index in [9.17, 15) is 4.79 Å². The van der Waals surface area contributed by atoms with Crippen LogP contribution < -0.4 is 0 Å². The molecule has 0 radical (unpaired) electrons. The van der Waals surface area contributed by atoms with Gasteiger partial charge in [-0.15, -0.1) is 11.3 Å². The highest BCUT2D eigenvalue weighted by Gasteiger charge is 2.34. The quantitative estimate of drug-likeness (QED) is 0.555. The SMILES string of the molecule is CCc1nc(-c2ncccn2)sc1C(=O)N1CCCC1c1nc2ccccc2[nH]1. The molecule has 1 saturated heterocycles. The van der Waals surface area contributed by atoms with Gasteiger partial charge in [-0.2, -0.15) is 0 Å². The molecule has 8 heteroatoms. The number of rotatable bonds is 4. The lowest BCUT2D eigenvalue weighted by atomic mass is 10.2. The Labute approximate surface area is 171 Å². The number of para-hydroxylation sites is 2. The van der Waals surface area contributed by atoms with E-state index in [2.05, 4.69) is 19.9 Å². The van der Waals surface area contributed by atoms with Crippen LogP contribution in [0.25, 0.3) is 21.9 Å². The molecule has 1 N–H and O–H groups in total. The Morgan fingerprint density at radius 3 is 2.83 bits per heavy atom. The molecule has 146 valence electrons. The van der Waals surface area contributed by atoms with Crippen LogP contribution in [0, 0.1) is 0 Å². The fourth-order valence-corrected chi connectivity index (χ4v) is 4.88. The number of thiazole rings is 1. The standard InChI is InChI=1S/C21H20N6OS/c1-2-13-17(29-20(26-13)19-22-10-6-11-23-19)21(28)27-12-5-9-16(27)18-24-14-7-3-4-8-15(14)25-18/h3-4,6-8,10-11,16H,2,5,9,12H2,1H3,(H,24,25). The Balaban J connectivity index is 1.48. The van der Waals surface area contributed by atoms with Crippen LogP contribution in [0.4, 0.5) is 0 Å². The van der Waals surface area contributed by atoms with Gasteiger partial charge in [-0.05, 0) is 37.5 Å². The van der Waals surface area contributed by atoms with Crippen molar-refractivity contribution < 1.29 is 4.79 Å². The number of H-pyrrole nitrogens is 1. The minimum absolute atomic E-state index is 0.0180. The average Bonchev–Trinajstić information content (AvgIpc) is 3.50. The number of carbonyl (C=O) groups is 1. The zero-order valence-corrected chi connectivity index (χ0v) is 16.8. The number of aryl methyl sites for hydroxylation is 1. The van der Waals surface area contributed by atoms with Crippen molar-refractivity contribution in [2.24, 2.45) is 0 Å². The Kier molecular flexibility index (Phi) is 4.55. The van der Waals surface area contributed by atoms with Crippen molar-refractivity contribution in [1.29, 1.82) is 0 Å². The third kappa shape index (κ3) is 3.19. The third-order valence-corrected chi connectivity index (χ3v) is 6.30. The summed E-state index contributed by atoms with van der Waals surface area (Å²) in [6, 6.07) is 9.69. The lowest BCUT2D eigenvalue weighted by Crippen LogP contribution is -2.31. The highest BCUT2D eigenvalue weighted by molar-refractivity contribution is 7.17. The smallest absolute Gasteiger partial charge is 0.266 e. The zero-order chi connectivity index (χ0) is 19.8. The molecular weight excluding hydrogens is 384 g/mol. The average molecular weight is 404 g/mol. The molecule has 0 spiro atoms. The van der Waals surface area contributed by atoms with Crippen LogP contribution in [0.5, 0.6) is 0 Å². The number of carbonyl (C=O) groups excluding carboxylic acids is 1. The number of hydrogen-bond donors (Lipinski definition) is 1. The van der Waals surface area contributed by atoms with E-state index in [1.165, 1.54) is 11.3 Å². The molecule has 1 fully saturated rings. The fraction of sp³-hybridized carbons (Fsp3) is 0.286. The number of aromatic amines is 1. The predicted octanol–water partition coefficient (Wildman–Crippen LogP) is 4.02. The minimum Gasteiger partial charge on any atom is -0.340 e. The summed E-state index contributed by atoms with van der Waals surface area (Å²) in [7, 11) is 0. The number of hydrogen-bond acceptors (Lipinski definition) is 6. The Bertz CT molecular complexity index is 1140. The largest absolute Gasteiger partial charge is 0.340 e.